The lowest BCUT2D eigenvalue weighted by Gasteiger charge is -2.13. The number of aliphatic imine (C=N–C) groups is 1. The van der Waals surface area contributed by atoms with E-state index >= 15 is 0 Å². The molecule has 1 aliphatic heterocycles. The van der Waals surface area contributed by atoms with Crippen molar-refractivity contribution in [2.45, 2.75) is 43.4 Å². The van der Waals surface area contributed by atoms with Crippen LogP contribution in [0.3, 0.4) is 0 Å². The number of nitrogens with zero attached hydrogens (tertiary/aromatic N) is 4. The van der Waals surface area contributed by atoms with Crippen molar-refractivity contribution >= 4 is 17.7 Å². The zero-order valence-electron chi connectivity index (χ0n) is 13.5. The van der Waals surface area contributed by atoms with Crippen molar-refractivity contribution in [1.82, 2.24) is 14.8 Å². The monoisotopic (exact) mass is 372 g/mol. The number of amidine groups is 1. The van der Waals surface area contributed by atoms with Gasteiger partial charge in [0.15, 0.2) is 12.1 Å². The zero-order valence-corrected chi connectivity index (χ0v) is 13.5. The fraction of sp³-hybridized carbons (Fsp3) is 0.615. The van der Waals surface area contributed by atoms with E-state index in [2.05, 4.69) is 15.1 Å². The largest absolute Gasteiger partial charge is 0.480 e. The summed E-state index contributed by atoms with van der Waals surface area (Å²) in [7, 11) is 0. The average molecular weight is 372 g/mol. The summed E-state index contributed by atoms with van der Waals surface area (Å²) in [6, 6.07) is -1.30. The molecule has 1 aliphatic rings. The zero-order chi connectivity index (χ0) is 19.4. The van der Waals surface area contributed by atoms with E-state index in [1.807, 2.05) is 0 Å². The number of carbonyl (C=O) groups excluding carboxylic acids is 1. The number of aliphatic hydroxyl groups is 3. The topological polar surface area (TPSA) is 219 Å². The van der Waals surface area contributed by atoms with Gasteiger partial charge in [-0.25, -0.2) is 14.5 Å². The number of carboxylic acid groups (broad SMARTS) is 1. The fourth-order valence-electron chi connectivity index (χ4n) is 2.36. The first-order valence-electron chi connectivity index (χ1n) is 7.63. The van der Waals surface area contributed by atoms with Crippen LogP contribution in [0, 0.1) is 0 Å². The highest BCUT2D eigenvalue weighted by Gasteiger charge is 2.44. The minimum Gasteiger partial charge on any atom is -0.480 e. The van der Waals surface area contributed by atoms with Crippen LogP contribution in [0.5, 0.6) is 0 Å². The highest BCUT2D eigenvalue weighted by atomic mass is 16.6. The molecule has 1 saturated heterocycles. The van der Waals surface area contributed by atoms with Gasteiger partial charge in [0.25, 0.3) is 0 Å². The Morgan fingerprint density at radius 1 is 1.35 bits per heavy atom. The third-order valence-corrected chi connectivity index (χ3v) is 3.76. The van der Waals surface area contributed by atoms with Gasteiger partial charge in [-0.2, -0.15) is 0 Å². The molecule has 8 N–H and O–H groups in total. The Bertz CT molecular complexity index is 692. The molecular weight excluding hydrogens is 352 g/mol. The van der Waals surface area contributed by atoms with Gasteiger partial charge in [-0.05, 0) is 6.42 Å². The molecule has 144 valence electrons. The Morgan fingerprint density at radius 3 is 2.58 bits per heavy atom. The van der Waals surface area contributed by atoms with E-state index in [0.717, 1.165) is 11.0 Å². The number of amides is 1. The smallest absolute Gasteiger partial charge is 0.328 e. The number of hydrogen-bond donors (Lipinski definition) is 6. The Balaban J connectivity index is 2.14. The number of hydrogen-bond acceptors (Lipinski definition) is 9. The highest BCUT2D eigenvalue weighted by Crippen LogP contribution is 2.28. The number of ether oxygens (including phenoxy) is 1. The third-order valence-electron chi connectivity index (χ3n) is 3.76. The maximum Gasteiger partial charge on any atom is 0.328 e. The minimum absolute atomic E-state index is 0.131. The van der Waals surface area contributed by atoms with E-state index in [1.54, 1.807) is 0 Å². The summed E-state index contributed by atoms with van der Waals surface area (Å²) < 4.78 is 6.35. The van der Waals surface area contributed by atoms with Crippen molar-refractivity contribution in [1.29, 1.82) is 0 Å². The van der Waals surface area contributed by atoms with Gasteiger partial charge in [-0.3, -0.25) is 9.79 Å². The van der Waals surface area contributed by atoms with Crippen LogP contribution in [0.15, 0.2) is 11.3 Å². The maximum absolute atomic E-state index is 11.2. The SMILES string of the molecule is NC(=O)CCC(N=C(N)c1ncn([C@@H]2O[C@H](CO)[C@@H](O)[C@H]2O)n1)C(=O)O. The van der Waals surface area contributed by atoms with E-state index in [-0.39, 0.29) is 24.5 Å². The summed E-state index contributed by atoms with van der Waals surface area (Å²) in [4.78, 5) is 29.6. The van der Waals surface area contributed by atoms with Gasteiger partial charge in [-0.1, -0.05) is 0 Å². The quantitative estimate of drug-likeness (QED) is 0.194. The van der Waals surface area contributed by atoms with E-state index in [1.165, 1.54) is 0 Å². The van der Waals surface area contributed by atoms with E-state index in [0.29, 0.717) is 0 Å². The molecule has 0 saturated carbocycles. The Kier molecular flexibility index (Phi) is 6.20. The lowest BCUT2D eigenvalue weighted by molar-refractivity contribution is -0.138. The third kappa shape index (κ3) is 4.32. The maximum atomic E-state index is 11.2. The Hall–Kier alpha value is -2.61. The summed E-state index contributed by atoms with van der Waals surface area (Å²) in [5.74, 6) is -2.39. The number of primary amides is 1. The van der Waals surface area contributed by atoms with Gasteiger partial charge in [-0.15, -0.1) is 5.10 Å². The molecule has 0 bridgehead atoms. The molecule has 13 nitrogen and oxygen atoms in total. The van der Waals surface area contributed by atoms with Gasteiger partial charge in [0.1, 0.15) is 30.7 Å². The normalized spacial score (nSPS) is 27.4. The Labute approximate surface area is 146 Å². The molecule has 5 atom stereocenters. The van der Waals surface area contributed by atoms with Crippen molar-refractivity contribution in [2.24, 2.45) is 16.5 Å². The molecule has 26 heavy (non-hydrogen) atoms. The minimum atomic E-state index is -1.36. The molecule has 1 aromatic rings. The molecule has 1 unspecified atom stereocenters. The molecule has 2 rings (SSSR count). The average Bonchev–Trinajstić information content (AvgIpc) is 3.17. The second-order valence-corrected chi connectivity index (χ2v) is 5.65. The van der Waals surface area contributed by atoms with Crippen LogP contribution in [0.25, 0.3) is 0 Å². The van der Waals surface area contributed by atoms with Crippen LogP contribution in [0.4, 0.5) is 0 Å². The number of aliphatic hydroxyl groups excluding tert-OH is 3. The van der Waals surface area contributed by atoms with Crippen molar-refractivity contribution in [3.05, 3.63) is 12.2 Å². The summed E-state index contributed by atoms with van der Waals surface area (Å²) in [5.41, 5.74) is 10.7. The van der Waals surface area contributed by atoms with E-state index in [4.69, 9.17) is 26.4 Å². The van der Waals surface area contributed by atoms with Crippen LogP contribution in [-0.4, -0.2) is 83.9 Å². The second kappa shape index (κ2) is 8.18. The summed E-state index contributed by atoms with van der Waals surface area (Å²) >= 11 is 0. The fourth-order valence-corrected chi connectivity index (χ4v) is 2.36. The lowest BCUT2D eigenvalue weighted by atomic mass is 10.1. The molecule has 1 aromatic heterocycles. The predicted octanol–water partition coefficient (Wildman–Crippen LogP) is -3.69. The molecule has 1 fully saturated rings. The first kappa shape index (κ1) is 19.7. The number of aliphatic carboxylic acids is 1. The highest BCUT2D eigenvalue weighted by molar-refractivity contribution is 5.95. The number of aromatic nitrogens is 3. The van der Waals surface area contributed by atoms with Crippen molar-refractivity contribution in [2.75, 3.05) is 6.61 Å². The number of nitrogens with two attached hydrogens (primary N) is 2. The van der Waals surface area contributed by atoms with Crippen molar-refractivity contribution < 1.29 is 34.8 Å². The van der Waals surface area contributed by atoms with Crippen LogP contribution >= 0.6 is 0 Å². The summed E-state index contributed by atoms with van der Waals surface area (Å²) in [6.07, 6.45) is -3.94. The number of carbonyl (C=O) groups is 2. The predicted molar refractivity (Wildman–Crippen MR) is 83.6 cm³/mol. The number of rotatable bonds is 8. The molecule has 2 heterocycles. The van der Waals surface area contributed by atoms with Gasteiger partial charge in [0.05, 0.1) is 6.61 Å². The number of carboxylic acids is 1. The molecule has 0 aliphatic carbocycles. The molecule has 0 radical (unpaired) electrons. The summed E-state index contributed by atoms with van der Waals surface area (Å²) in [5, 5.41) is 41.8. The van der Waals surface area contributed by atoms with Crippen LogP contribution in [0.2, 0.25) is 0 Å². The van der Waals surface area contributed by atoms with Gasteiger partial charge < -0.3 is 36.6 Å². The van der Waals surface area contributed by atoms with Crippen LogP contribution in [0.1, 0.15) is 24.9 Å². The standard InChI is InChI=1S/C13H20N6O7/c14-7(21)2-1-5(13(24)25)17-10(15)11-16-4-19(18-11)12-9(23)8(22)6(3-20)26-12/h4-6,8-9,12,20,22-23H,1-3H2,(H2,14,21)(H2,15,17)(H,24,25)/t5?,6-,8-,9-,12-/m1/s1. The Morgan fingerprint density at radius 2 is 2.04 bits per heavy atom. The first-order valence-corrected chi connectivity index (χ1v) is 7.63. The second-order valence-electron chi connectivity index (χ2n) is 5.65. The first-order chi connectivity index (χ1) is 12.2. The van der Waals surface area contributed by atoms with Crippen LogP contribution < -0.4 is 11.5 Å². The van der Waals surface area contributed by atoms with Crippen molar-refractivity contribution in [3.63, 3.8) is 0 Å². The summed E-state index contributed by atoms with van der Waals surface area (Å²) in [6.45, 7) is -0.500. The molecule has 13 heteroatoms. The van der Waals surface area contributed by atoms with Gasteiger partial charge >= 0.3 is 5.97 Å². The van der Waals surface area contributed by atoms with E-state index < -0.39 is 49.1 Å². The lowest BCUT2D eigenvalue weighted by Crippen LogP contribution is -2.33. The molecule has 0 spiro atoms. The van der Waals surface area contributed by atoms with Crippen molar-refractivity contribution in [3.8, 4) is 0 Å². The van der Waals surface area contributed by atoms with Gasteiger partial charge in [0, 0.05) is 6.42 Å². The molecular formula is C13H20N6O7. The molecule has 1 amide bonds. The van der Waals surface area contributed by atoms with Gasteiger partial charge in [0.2, 0.25) is 11.7 Å². The van der Waals surface area contributed by atoms with Crippen LogP contribution in [-0.2, 0) is 14.3 Å². The molecule has 0 aromatic carbocycles. The van der Waals surface area contributed by atoms with E-state index in [9.17, 15) is 19.8 Å².